The third-order valence-electron chi connectivity index (χ3n) is 2.53. The molecule has 2 aromatic rings. The fourth-order valence-electron chi connectivity index (χ4n) is 1.64. The van der Waals surface area contributed by atoms with E-state index in [1.165, 1.54) is 10.9 Å². The SMILES string of the molecule is COc1cccc(-n2ncc(CC(=O)O)c2N)c1. The summed E-state index contributed by atoms with van der Waals surface area (Å²) in [5, 5.41) is 12.8. The summed E-state index contributed by atoms with van der Waals surface area (Å²) in [6, 6.07) is 7.21. The number of ether oxygens (including phenoxy) is 1. The van der Waals surface area contributed by atoms with Crippen molar-refractivity contribution >= 4 is 11.8 Å². The Bertz CT molecular complexity index is 578. The largest absolute Gasteiger partial charge is 0.497 e. The average molecular weight is 247 g/mol. The van der Waals surface area contributed by atoms with Gasteiger partial charge in [0, 0.05) is 11.6 Å². The van der Waals surface area contributed by atoms with Crippen LogP contribution >= 0.6 is 0 Å². The van der Waals surface area contributed by atoms with E-state index in [4.69, 9.17) is 15.6 Å². The van der Waals surface area contributed by atoms with Crippen LogP contribution in [0.5, 0.6) is 5.75 Å². The van der Waals surface area contributed by atoms with E-state index >= 15 is 0 Å². The Morgan fingerprint density at radius 3 is 3.00 bits per heavy atom. The zero-order valence-electron chi connectivity index (χ0n) is 9.83. The molecule has 0 unspecified atom stereocenters. The highest BCUT2D eigenvalue weighted by Gasteiger charge is 2.12. The van der Waals surface area contributed by atoms with Gasteiger partial charge >= 0.3 is 5.97 Å². The van der Waals surface area contributed by atoms with Gasteiger partial charge < -0.3 is 15.6 Å². The lowest BCUT2D eigenvalue weighted by Crippen LogP contribution is -2.06. The van der Waals surface area contributed by atoms with Gasteiger partial charge in [0.15, 0.2) is 0 Å². The zero-order valence-corrected chi connectivity index (χ0v) is 9.83. The summed E-state index contributed by atoms with van der Waals surface area (Å²) in [4.78, 5) is 10.7. The standard InChI is InChI=1S/C12H13N3O3/c1-18-10-4-2-3-9(6-10)15-12(13)8(7-14-15)5-11(16)17/h2-4,6-7H,5,13H2,1H3,(H,16,17). The smallest absolute Gasteiger partial charge is 0.308 e. The predicted octanol–water partition coefficient (Wildman–Crippen LogP) is 1.09. The van der Waals surface area contributed by atoms with Crippen molar-refractivity contribution in [1.82, 2.24) is 9.78 Å². The number of aromatic nitrogens is 2. The molecule has 0 bridgehead atoms. The highest BCUT2D eigenvalue weighted by Crippen LogP contribution is 2.21. The molecule has 0 fully saturated rings. The summed E-state index contributed by atoms with van der Waals surface area (Å²) in [6.07, 6.45) is 1.32. The second-order valence-electron chi connectivity index (χ2n) is 3.74. The molecule has 0 aliphatic carbocycles. The van der Waals surface area contributed by atoms with E-state index in [-0.39, 0.29) is 6.42 Å². The highest BCUT2D eigenvalue weighted by molar-refractivity contribution is 5.72. The summed E-state index contributed by atoms with van der Waals surface area (Å²) in [5.41, 5.74) is 7.09. The number of rotatable bonds is 4. The number of benzene rings is 1. The first-order chi connectivity index (χ1) is 8.61. The van der Waals surface area contributed by atoms with Gasteiger partial charge in [-0.25, -0.2) is 4.68 Å². The van der Waals surface area contributed by atoms with E-state index in [0.29, 0.717) is 17.1 Å². The van der Waals surface area contributed by atoms with Crippen LogP contribution in [-0.2, 0) is 11.2 Å². The molecule has 18 heavy (non-hydrogen) atoms. The van der Waals surface area contributed by atoms with Crippen molar-refractivity contribution in [3.05, 3.63) is 36.0 Å². The maximum Gasteiger partial charge on any atom is 0.308 e. The molecule has 6 nitrogen and oxygen atoms in total. The summed E-state index contributed by atoms with van der Waals surface area (Å²) >= 11 is 0. The Hall–Kier alpha value is -2.50. The monoisotopic (exact) mass is 247 g/mol. The van der Waals surface area contributed by atoms with Crippen molar-refractivity contribution in [3.8, 4) is 11.4 Å². The molecule has 1 heterocycles. The topological polar surface area (TPSA) is 90.4 Å². The van der Waals surface area contributed by atoms with Crippen molar-refractivity contribution in [3.63, 3.8) is 0 Å². The third kappa shape index (κ3) is 2.27. The number of nitrogens with zero attached hydrogens (tertiary/aromatic N) is 2. The predicted molar refractivity (Wildman–Crippen MR) is 65.9 cm³/mol. The Kier molecular flexibility index (Phi) is 3.18. The Morgan fingerprint density at radius 2 is 2.33 bits per heavy atom. The number of anilines is 1. The van der Waals surface area contributed by atoms with Crippen LogP contribution in [0.4, 0.5) is 5.82 Å². The summed E-state index contributed by atoms with van der Waals surface area (Å²) in [6.45, 7) is 0. The second kappa shape index (κ2) is 4.79. The van der Waals surface area contributed by atoms with E-state index in [2.05, 4.69) is 5.10 Å². The van der Waals surface area contributed by atoms with Gasteiger partial charge in [0.2, 0.25) is 0 Å². The molecule has 0 saturated heterocycles. The molecule has 94 valence electrons. The molecular weight excluding hydrogens is 234 g/mol. The van der Waals surface area contributed by atoms with Gasteiger partial charge in [-0.1, -0.05) is 6.07 Å². The minimum atomic E-state index is -0.938. The molecule has 0 spiro atoms. The maximum atomic E-state index is 10.7. The number of hydrogen-bond donors (Lipinski definition) is 2. The first-order valence-electron chi connectivity index (χ1n) is 5.30. The zero-order chi connectivity index (χ0) is 13.1. The lowest BCUT2D eigenvalue weighted by atomic mass is 10.2. The Labute approximate surface area is 104 Å². The first kappa shape index (κ1) is 12.0. The van der Waals surface area contributed by atoms with Gasteiger partial charge in [-0.2, -0.15) is 5.10 Å². The molecule has 0 atom stereocenters. The number of nitrogen functional groups attached to an aromatic ring is 1. The quantitative estimate of drug-likeness (QED) is 0.844. The molecule has 2 rings (SSSR count). The lowest BCUT2D eigenvalue weighted by Gasteiger charge is -2.06. The summed E-state index contributed by atoms with van der Waals surface area (Å²) in [5.74, 6) is 0.0692. The fourth-order valence-corrected chi connectivity index (χ4v) is 1.64. The van der Waals surface area contributed by atoms with E-state index in [0.717, 1.165) is 5.69 Å². The van der Waals surface area contributed by atoms with E-state index in [1.807, 2.05) is 12.1 Å². The minimum Gasteiger partial charge on any atom is -0.497 e. The highest BCUT2D eigenvalue weighted by atomic mass is 16.5. The Morgan fingerprint density at radius 1 is 1.56 bits per heavy atom. The van der Waals surface area contributed by atoms with Gasteiger partial charge in [0.1, 0.15) is 11.6 Å². The van der Waals surface area contributed by atoms with Gasteiger partial charge in [0.25, 0.3) is 0 Å². The third-order valence-corrected chi connectivity index (χ3v) is 2.53. The Balaban J connectivity index is 2.38. The number of aliphatic carboxylic acids is 1. The first-order valence-corrected chi connectivity index (χ1v) is 5.30. The van der Waals surface area contributed by atoms with E-state index in [9.17, 15) is 4.79 Å². The number of carbonyl (C=O) groups is 1. The fraction of sp³-hybridized carbons (Fsp3) is 0.167. The second-order valence-corrected chi connectivity index (χ2v) is 3.74. The average Bonchev–Trinajstić information content (AvgIpc) is 2.70. The van der Waals surface area contributed by atoms with Gasteiger partial charge in [-0.05, 0) is 12.1 Å². The van der Waals surface area contributed by atoms with Crippen LogP contribution in [0.1, 0.15) is 5.56 Å². The number of nitrogens with two attached hydrogens (primary N) is 1. The van der Waals surface area contributed by atoms with Gasteiger partial charge in [-0.3, -0.25) is 4.79 Å². The summed E-state index contributed by atoms with van der Waals surface area (Å²) in [7, 11) is 1.57. The summed E-state index contributed by atoms with van der Waals surface area (Å²) < 4.78 is 6.60. The molecular formula is C12H13N3O3. The van der Waals surface area contributed by atoms with Crippen LogP contribution in [0, 0.1) is 0 Å². The molecule has 0 aliphatic rings. The normalized spacial score (nSPS) is 10.3. The van der Waals surface area contributed by atoms with Crippen LogP contribution in [0.3, 0.4) is 0 Å². The van der Waals surface area contributed by atoms with Crippen LogP contribution < -0.4 is 10.5 Å². The van der Waals surface area contributed by atoms with Crippen molar-refractivity contribution in [2.75, 3.05) is 12.8 Å². The molecule has 3 N–H and O–H groups in total. The molecule has 0 amide bonds. The van der Waals surface area contributed by atoms with E-state index < -0.39 is 5.97 Å². The maximum absolute atomic E-state index is 10.7. The van der Waals surface area contributed by atoms with E-state index in [1.54, 1.807) is 19.2 Å². The number of carboxylic acid groups (broad SMARTS) is 1. The minimum absolute atomic E-state index is 0.143. The van der Waals surface area contributed by atoms with Gasteiger partial charge in [0.05, 0.1) is 25.4 Å². The number of hydrogen-bond acceptors (Lipinski definition) is 4. The molecule has 0 aliphatic heterocycles. The van der Waals surface area contributed by atoms with Crippen LogP contribution in [0.2, 0.25) is 0 Å². The molecule has 0 radical (unpaired) electrons. The molecule has 0 saturated carbocycles. The number of carboxylic acids is 1. The van der Waals surface area contributed by atoms with Crippen molar-refractivity contribution < 1.29 is 14.6 Å². The van der Waals surface area contributed by atoms with Crippen LogP contribution in [0.25, 0.3) is 5.69 Å². The molecule has 6 heteroatoms. The van der Waals surface area contributed by atoms with Crippen molar-refractivity contribution in [1.29, 1.82) is 0 Å². The van der Waals surface area contributed by atoms with Gasteiger partial charge in [-0.15, -0.1) is 0 Å². The number of methoxy groups -OCH3 is 1. The molecule has 1 aromatic carbocycles. The lowest BCUT2D eigenvalue weighted by molar-refractivity contribution is -0.136. The van der Waals surface area contributed by atoms with Crippen LogP contribution in [-0.4, -0.2) is 28.0 Å². The van der Waals surface area contributed by atoms with Crippen molar-refractivity contribution in [2.24, 2.45) is 0 Å². The molecule has 1 aromatic heterocycles. The van der Waals surface area contributed by atoms with Crippen LogP contribution in [0.15, 0.2) is 30.5 Å². The van der Waals surface area contributed by atoms with Crippen molar-refractivity contribution in [2.45, 2.75) is 6.42 Å².